The van der Waals surface area contributed by atoms with Gasteiger partial charge in [0.1, 0.15) is 23.2 Å². The molecule has 2 aliphatic rings. The van der Waals surface area contributed by atoms with Crippen LogP contribution in [0.15, 0.2) is 12.1 Å². The molecule has 0 bridgehead atoms. The van der Waals surface area contributed by atoms with E-state index in [1.165, 1.54) is 13.0 Å². The third kappa shape index (κ3) is 5.53. The number of imidazole rings is 1. The number of fused-ring (bicyclic) bond motifs is 1. The number of rotatable bonds is 10. The van der Waals surface area contributed by atoms with Crippen molar-refractivity contribution in [3.63, 3.8) is 0 Å². The molecule has 8 heteroatoms. The lowest BCUT2D eigenvalue weighted by molar-refractivity contribution is -0.119. The Morgan fingerprint density at radius 1 is 1.13 bits per heavy atom. The second-order valence-electron chi connectivity index (χ2n) is 8.82. The summed E-state index contributed by atoms with van der Waals surface area (Å²) < 4.78 is 47.0. The van der Waals surface area contributed by atoms with E-state index in [1.807, 2.05) is 13.1 Å². The van der Waals surface area contributed by atoms with Gasteiger partial charge in [0.15, 0.2) is 5.82 Å². The van der Waals surface area contributed by atoms with E-state index < -0.39 is 12.5 Å². The van der Waals surface area contributed by atoms with Gasteiger partial charge in [0.05, 0.1) is 31.0 Å². The Labute approximate surface area is 180 Å². The molecule has 1 aromatic heterocycles. The van der Waals surface area contributed by atoms with Gasteiger partial charge >= 0.3 is 0 Å². The van der Waals surface area contributed by atoms with Crippen molar-refractivity contribution in [2.24, 2.45) is 13.0 Å². The highest BCUT2D eigenvalue weighted by Crippen LogP contribution is 2.33. The Morgan fingerprint density at radius 3 is 2.42 bits per heavy atom. The monoisotopic (exact) mass is 436 g/mol. The van der Waals surface area contributed by atoms with Crippen molar-refractivity contribution < 1.29 is 27.8 Å². The summed E-state index contributed by atoms with van der Waals surface area (Å²) in [5.41, 5.74) is 0.922. The number of carbonyl (C=O) groups is 1. The van der Waals surface area contributed by atoms with Crippen molar-refractivity contribution >= 4 is 16.8 Å². The van der Waals surface area contributed by atoms with Crippen LogP contribution in [0.5, 0.6) is 11.8 Å². The first-order valence-corrected chi connectivity index (χ1v) is 11.1. The Balaban J connectivity index is 1.32. The summed E-state index contributed by atoms with van der Waals surface area (Å²) in [7, 11) is 1.81. The van der Waals surface area contributed by atoms with Crippen LogP contribution in [0.2, 0.25) is 0 Å². The topological polar surface area (TPSA) is 62.6 Å². The molecule has 0 unspecified atom stereocenters. The van der Waals surface area contributed by atoms with Gasteiger partial charge in [-0.2, -0.15) is 4.98 Å². The van der Waals surface area contributed by atoms with Gasteiger partial charge in [-0.25, -0.2) is 4.39 Å². The fourth-order valence-corrected chi connectivity index (χ4v) is 4.05. The fourth-order valence-electron chi connectivity index (χ4n) is 4.05. The number of carbonyl (C=O) groups excluding carboxylic acids is 1. The number of nitrogens with zero attached hydrogens (tertiary/aromatic N) is 2. The number of hydrogen-bond acceptors (Lipinski definition) is 5. The summed E-state index contributed by atoms with van der Waals surface area (Å²) in [6, 6.07) is 3.58. The van der Waals surface area contributed by atoms with Gasteiger partial charge in [0.2, 0.25) is 0 Å². The zero-order valence-corrected chi connectivity index (χ0v) is 18.1. The maximum atomic E-state index is 14.5. The summed E-state index contributed by atoms with van der Waals surface area (Å²) >= 11 is 0. The Kier molecular flexibility index (Phi) is 6.74. The van der Waals surface area contributed by atoms with Crippen LogP contribution >= 0.6 is 0 Å². The number of aromatic nitrogens is 2. The highest BCUT2D eigenvalue weighted by molar-refractivity contribution is 5.79. The zero-order chi connectivity index (χ0) is 22.0. The Hall–Kier alpha value is -2.22. The lowest BCUT2D eigenvalue weighted by Gasteiger charge is -2.29. The molecule has 1 atom stereocenters. The maximum Gasteiger partial charge on any atom is 0.297 e. The Morgan fingerprint density at radius 2 is 1.77 bits per heavy atom. The van der Waals surface area contributed by atoms with Crippen molar-refractivity contribution in [3.05, 3.63) is 17.9 Å². The molecular formula is C23H30F2N2O4. The molecule has 4 rings (SSSR count). The van der Waals surface area contributed by atoms with E-state index in [0.717, 1.165) is 38.5 Å². The second-order valence-corrected chi connectivity index (χ2v) is 8.82. The molecule has 0 amide bonds. The Bertz CT molecular complexity index is 920. The summed E-state index contributed by atoms with van der Waals surface area (Å²) in [4.78, 5) is 15.5. The van der Waals surface area contributed by atoms with Crippen LogP contribution in [0.25, 0.3) is 11.0 Å². The van der Waals surface area contributed by atoms with Gasteiger partial charge in [-0.05, 0) is 45.4 Å². The normalized spacial score (nSPS) is 22.5. The summed E-state index contributed by atoms with van der Waals surface area (Å²) in [6.45, 7) is 1.19. The van der Waals surface area contributed by atoms with Gasteiger partial charge < -0.3 is 19.0 Å². The molecule has 6 nitrogen and oxygen atoms in total. The number of ether oxygens (including phenoxy) is 3. The minimum atomic E-state index is -0.547. The molecule has 170 valence electrons. The number of alkyl halides is 1. The van der Waals surface area contributed by atoms with Crippen LogP contribution in [-0.4, -0.2) is 46.9 Å². The molecule has 2 aliphatic carbocycles. The molecule has 2 fully saturated rings. The number of aryl methyl sites for hydroxylation is 1. The molecule has 1 aromatic carbocycles. The van der Waals surface area contributed by atoms with E-state index in [-0.39, 0.29) is 48.6 Å². The van der Waals surface area contributed by atoms with Crippen molar-refractivity contribution in [1.82, 2.24) is 9.55 Å². The first-order valence-electron chi connectivity index (χ1n) is 11.1. The first kappa shape index (κ1) is 22.0. The number of benzene rings is 1. The van der Waals surface area contributed by atoms with Crippen molar-refractivity contribution in [2.75, 3.05) is 13.3 Å². The second kappa shape index (κ2) is 9.51. The van der Waals surface area contributed by atoms with Crippen LogP contribution < -0.4 is 9.47 Å². The molecule has 1 heterocycles. The number of ketones is 1. The first-order chi connectivity index (χ1) is 14.9. The molecule has 0 aliphatic heterocycles. The lowest BCUT2D eigenvalue weighted by Crippen LogP contribution is -2.30. The highest BCUT2D eigenvalue weighted by atomic mass is 19.1. The third-order valence-electron chi connectivity index (χ3n) is 5.95. The molecule has 2 saturated carbocycles. The van der Waals surface area contributed by atoms with Crippen molar-refractivity contribution in [2.45, 2.75) is 70.2 Å². The SMILES string of the molecule is CC(=O)C[C@@H](CF)COC1CCC(Oc2nc3c(F)cc(OC4CC4)cc3n2C)CC1. The molecule has 0 radical (unpaired) electrons. The maximum absolute atomic E-state index is 14.5. The van der Waals surface area contributed by atoms with E-state index in [9.17, 15) is 13.6 Å². The number of hydrogen-bond donors (Lipinski definition) is 0. The van der Waals surface area contributed by atoms with E-state index in [0.29, 0.717) is 17.3 Å². The molecule has 2 aromatic rings. The van der Waals surface area contributed by atoms with Crippen LogP contribution in [0.4, 0.5) is 8.78 Å². The van der Waals surface area contributed by atoms with Crippen molar-refractivity contribution in [1.29, 1.82) is 0 Å². The molecule has 0 saturated heterocycles. The standard InChI is InChI=1S/C23H30F2N2O4/c1-14(28)9-15(12-24)13-29-16-3-5-18(6-4-16)31-23-26-22-20(25)10-19(30-17-7-8-17)11-21(22)27(23)2/h10-11,15-18H,3-9,12-13H2,1-2H3/t15-,16?,18?/m0/s1. The van der Waals surface area contributed by atoms with Crippen LogP contribution in [0.1, 0.15) is 51.9 Å². The minimum absolute atomic E-state index is 0.0199. The predicted molar refractivity (Wildman–Crippen MR) is 112 cm³/mol. The van der Waals surface area contributed by atoms with Crippen molar-refractivity contribution in [3.8, 4) is 11.8 Å². The quantitative estimate of drug-likeness (QED) is 0.548. The smallest absolute Gasteiger partial charge is 0.297 e. The van der Waals surface area contributed by atoms with Crippen LogP contribution in [-0.2, 0) is 16.6 Å². The number of halogens is 2. The summed E-state index contributed by atoms with van der Waals surface area (Å²) in [6.07, 6.45) is 5.58. The van der Waals surface area contributed by atoms with Gasteiger partial charge in [-0.1, -0.05) is 0 Å². The predicted octanol–water partition coefficient (Wildman–Crippen LogP) is 4.53. The third-order valence-corrected chi connectivity index (χ3v) is 5.95. The highest BCUT2D eigenvalue weighted by Gasteiger charge is 2.27. The largest absolute Gasteiger partial charge is 0.490 e. The minimum Gasteiger partial charge on any atom is -0.490 e. The number of Topliss-reactive ketones (excluding diaryl/α,β-unsaturated/α-hetero) is 1. The molecule has 0 spiro atoms. The van der Waals surface area contributed by atoms with Gasteiger partial charge in [0.25, 0.3) is 6.01 Å². The van der Waals surface area contributed by atoms with Gasteiger partial charge in [-0.3, -0.25) is 8.96 Å². The lowest BCUT2D eigenvalue weighted by atomic mass is 9.94. The average Bonchev–Trinajstić information content (AvgIpc) is 3.50. The van der Waals surface area contributed by atoms with Crippen LogP contribution in [0.3, 0.4) is 0 Å². The van der Waals surface area contributed by atoms with E-state index >= 15 is 0 Å². The van der Waals surface area contributed by atoms with Crippen LogP contribution in [0, 0.1) is 11.7 Å². The van der Waals surface area contributed by atoms with E-state index in [4.69, 9.17) is 14.2 Å². The molecule has 31 heavy (non-hydrogen) atoms. The van der Waals surface area contributed by atoms with Gasteiger partial charge in [0, 0.05) is 31.5 Å². The van der Waals surface area contributed by atoms with Gasteiger partial charge in [-0.15, -0.1) is 0 Å². The fraction of sp³-hybridized carbons (Fsp3) is 0.652. The van der Waals surface area contributed by atoms with E-state index in [2.05, 4.69) is 4.98 Å². The summed E-state index contributed by atoms with van der Waals surface area (Å²) in [5, 5.41) is 0. The van der Waals surface area contributed by atoms with E-state index in [1.54, 1.807) is 4.57 Å². The molecular weight excluding hydrogens is 406 g/mol. The zero-order valence-electron chi connectivity index (χ0n) is 18.1. The molecule has 0 N–H and O–H groups in total. The average molecular weight is 436 g/mol. The summed E-state index contributed by atoms with van der Waals surface area (Å²) in [5.74, 6) is -0.275.